The Hall–Kier alpha value is -2.35. The van der Waals surface area contributed by atoms with E-state index >= 15 is 0 Å². The molecule has 0 bridgehead atoms. The van der Waals surface area contributed by atoms with Crippen LogP contribution in [0.3, 0.4) is 0 Å². The predicted octanol–water partition coefficient (Wildman–Crippen LogP) is 3.56. The zero-order valence-electron chi connectivity index (χ0n) is 18.1. The smallest absolute Gasteiger partial charge is 0.118 e. The monoisotopic (exact) mass is 462 g/mol. The molecule has 0 amide bonds. The van der Waals surface area contributed by atoms with Gasteiger partial charge in [0.05, 0.1) is 41.2 Å². The molecule has 0 aromatic heterocycles. The first kappa shape index (κ1) is 28.7. The average Bonchev–Trinajstić information content (AvgIpc) is 2.85. The minimum Gasteiger partial charge on any atom is -0.497 e. The molecule has 3 rings (SSSR count). The summed E-state index contributed by atoms with van der Waals surface area (Å²) in [6.45, 7) is 0.262. The summed E-state index contributed by atoms with van der Waals surface area (Å²) in [7, 11) is 4.86. The molecule has 31 heavy (non-hydrogen) atoms. The number of benzene rings is 3. The Labute approximate surface area is 198 Å². The topological polar surface area (TPSA) is 88.4 Å². The van der Waals surface area contributed by atoms with E-state index < -0.39 is 0 Å². The van der Waals surface area contributed by atoms with Gasteiger partial charge in [-0.25, -0.2) is 0 Å². The average molecular weight is 462 g/mol. The summed E-state index contributed by atoms with van der Waals surface area (Å²) in [6, 6.07) is 21.9. The van der Waals surface area contributed by atoms with Crippen molar-refractivity contribution >= 4 is 0 Å². The van der Waals surface area contributed by atoms with E-state index in [9.17, 15) is 0 Å². The van der Waals surface area contributed by atoms with Crippen molar-refractivity contribution in [2.75, 3.05) is 21.3 Å². The van der Waals surface area contributed by atoms with Crippen molar-refractivity contribution in [3.05, 3.63) is 89.5 Å². The molecule has 0 heterocycles. The minimum atomic E-state index is 0. The van der Waals surface area contributed by atoms with Gasteiger partial charge in [-0.3, -0.25) is 0 Å². The maximum atomic E-state index is 8.66. The molecule has 0 aliphatic heterocycles. The van der Waals surface area contributed by atoms with Crippen LogP contribution in [0.4, 0.5) is 0 Å². The van der Waals surface area contributed by atoms with Crippen LogP contribution in [-0.4, -0.2) is 36.6 Å². The normalized spacial score (nSPS) is 9.10. The maximum absolute atomic E-state index is 8.66. The van der Waals surface area contributed by atoms with Gasteiger partial charge in [-0.2, -0.15) is 0 Å². The Bertz CT molecular complexity index is 623. The predicted molar refractivity (Wildman–Crippen MR) is 117 cm³/mol. The Balaban J connectivity index is 0.000000429. The van der Waals surface area contributed by atoms with Crippen molar-refractivity contribution in [2.24, 2.45) is 0 Å². The molecule has 0 saturated heterocycles. The molecule has 166 valence electrons. The molecular weight excluding hydrogens is 432 g/mol. The van der Waals surface area contributed by atoms with Crippen LogP contribution in [0.1, 0.15) is 16.7 Å². The Morgan fingerprint density at radius 2 is 0.645 bits per heavy atom. The van der Waals surface area contributed by atoms with Gasteiger partial charge in [-0.1, -0.05) is 36.4 Å². The number of hydrogen-bond donors (Lipinski definition) is 3. The van der Waals surface area contributed by atoms with Gasteiger partial charge in [0.25, 0.3) is 0 Å². The van der Waals surface area contributed by atoms with Gasteiger partial charge in [-0.05, 0) is 53.1 Å². The van der Waals surface area contributed by atoms with Crippen molar-refractivity contribution in [1.29, 1.82) is 0 Å². The standard InChI is InChI=1S/3C8H10O2.Ti/c3*1-10-8-4-2-7(6-9)3-5-8;/h3*2-5,9H,6H2,1H3;. The number of hydrogen-bond acceptors (Lipinski definition) is 6. The van der Waals surface area contributed by atoms with Gasteiger partial charge < -0.3 is 29.5 Å². The van der Waals surface area contributed by atoms with E-state index in [1.807, 2.05) is 72.8 Å². The molecule has 0 spiro atoms. The van der Waals surface area contributed by atoms with Crippen molar-refractivity contribution in [1.82, 2.24) is 0 Å². The van der Waals surface area contributed by atoms with Gasteiger partial charge in [0.1, 0.15) is 17.2 Å². The summed E-state index contributed by atoms with van der Waals surface area (Å²) in [5.74, 6) is 2.45. The van der Waals surface area contributed by atoms with E-state index in [2.05, 4.69) is 0 Å². The molecule has 6 nitrogen and oxygen atoms in total. The van der Waals surface area contributed by atoms with Crippen LogP contribution in [0.25, 0.3) is 0 Å². The van der Waals surface area contributed by atoms with Crippen LogP contribution < -0.4 is 14.2 Å². The first-order chi connectivity index (χ1) is 14.6. The van der Waals surface area contributed by atoms with Gasteiger partial charge >= 0.3 is 0 Å². The van der Waals surface area contributed by atoms with E-state index in [0.29, 0.717) is 0 Å². The van der Waals surface area contributed by atoms with Crippen molar-refractivity contribution in [3.63, 3.8) is 0 Å². The van der Waals surface area contributed by atoms with Gasteiger partial charge in [0.15, 0.2) is 0 Å². The van der Waals surface area contributed by atoms with Crippen molar-refractivity contribution in [3.8, 4) is 17.2 Å². The van der Waals surface area contributed by atoms with E-state index in [1.54, 1.807) is 21.3 Å². The minimum absolute atomic E-state index is 0. The second kappa shape index (κ2) is 17.3. The molecule has 0 fully saturated rings. The molecule has 0 saturated carbocycles. The fourth-order valence-corrected chi connectivity index (χ4v) is 2.19. The largest absolute Gasteiger partial charge is 0.497 e. The Kier molecular flexibility index (Phi) is 16.0. The third kappa shape index (κ3) is 11.6. The number of rotatable bonds is 6. The molecule has 3 N–H and O–H groups in total. The van der Waals surface area contributed by atoms with E-state index in [4.69, 9.17) is 29.5 Å². The van der Waals surface area contributed by atoms with Gasteiger partial charge in [0.2, 0.25) is 0 Å². The first-order valence-electron chi connectivity index (χ1n) is 9.31. The van der Waals surface area contributed by atoms with Crippen LogP contribution in [0.5, 0.6) is 17.2 Å². The first-order valence-corrected chi connectivity index (χ1v) is 9.31. The second-order valence-corrected chi connectivity index (χ2v) is 6.02. The Morgan fingerprint density at radius 1 is 0.452 bits per heavy atom. The third-order valence-electron chi connectivity index (χ3n) is 4.02. The van der Waals surface area contributed by atoms with E-state index in [-0.39, 0.29) is 41.5 Å². The molecule has 0 aliphatic carbocycles. The molecule has 3 aromatic carbocycles. The molecule has 3 aromatic rings. The summed E-state index contributed by atoms with van der Waals surface area (Å²) < 4.78 is 14.8. The SMILES string of the molecule is COc1ccc(CO)cc1.COc1ccc(CO)cc1.COc1ccc(CO)cc1.[Ti]. The summed E-state index contributed by atoms with van der Waals surface area (Å²) in [4.78, 5) is 0. The summed E-state index contributed by atoms with van der Waals surface area (Å²) in [6.07, 6.45) is 0. The van der Waals surface area contributed by atoms with Crippen LogP contribution in [-0.2, 0) is 41.5 Å². The Morgan fingerprint density at radius 3 is 0.774 bits per heavy atom. The van der Waals surface area contributed by atoms with E-state index in [1.165, 1.54) is 0 Å². The fourth-order valence-electron chi connectivity index (χ4n) is 2.19. The molecule has 7 heteroatoms. The number of methoxy groups -OCH3 is 3. The number of ether oxygens (including phenoxy) is 3. The maximum Gasteiger partial charge on any atom is 0.118 e. The van der Waals surface area contributed by atoms with Crippen LogP contribution >= 0.6 is 0 Å². The molecule has 0 unspecified atom stereocenters. The third-order valence-corrected chi connectivity index (χ3v) is 4.02. The van der Waals surface area contributed by atoms with Crippen LogP contribution in [0.2, 0.25) is 0 Å². The zero-order valence-corrected chi connectivity index (χ0v) is 19.7. The summed E-state index contributed by atoms with van der Waals surface area (Å²) in [5.41, 5.74) is 2.71. The molecule has 0 aliphatic rings. The number of aliphatic hydroxyl groups excluding tert-OH is 3. The summed E-state index contributed by atoms with van der Waals surface area (Å²) in [5, 5.41) is 26.0. The van der Waals surface area contributed by atoms with Crippen molar-refractivity contribution in [2.45, 2.75) is 19.8 Å². The van der Waals surface area contributed by atoms with Gasteiger partial charge in [0, 0.05) is 21.7 Å². The zero-order chi connectivity index (χ0) is 22.2. The number of aliphatic hydroxyl groups is 3. The van der Waals surface area contributed by atoms with E-state index in [0.717, 1.165) is 33.9 Å². The second-order valence-electron chi connectivity index (χ2n) is 6.02. The van der Waals surface area contributed by atoms with Crippen LogP contribution in [0, 0.1) is 0 Å². The molecule has 0 radical (unpaired) electrons. The molecular formula is C24H30O6Ti. The van der Waals surface area contributed by atoms with Crippen LogP contribution in [0.15, 0.2) is 72.8 Å². The fraction of sp³-hybridized carbons (Fsp3) is 0.250. The quantitative estimate of drug-likeness (QED) is 0.486. The van der Waals surface area contributed by atoms with Crippen molar-refractivity contribution < 1.29 is 51.2 Å². The van der Waals surface area contributed by atoms with Gasteiger partial charge in [-0.15, -0.1) is 0 Å². The molecule has 0 atom stereocenters. The summed E-state index contributed by atoms with van der Waals surface area (Å²) >= 11 is 0.